The van der Waals surface area contributed by atoms with Crippen LogP contribution in [0.1, 0.15) is 32.0 Å². The Morgan fingerprint density at radius 3 is 2.64 bits per heavy atom. The van der Waals surface area contributed by atoms with Crippen molar-refractivity contribution in [3.8, 4) is 0 Å². The Kier molecular flexibility index (Phi) is 4.55. The Morgan fingerprint density at radius 2 is 2.21 bits per heavy atom. The summed E-state index contributed by atoms with van der Waals surface area (Å²) >= 11 is 3.39. The molecule has 3 heteroatoms. The third kappa shape index (κ3) is 2.79. The monoisotopic (exact) mass is 256 g/mol. The predicted octanol–water partition coefficient (Wildman–Crippen LogP) is 3.15. The fourth-order valence-electron chi connectivity index (χ4n) is 1.53. The highest BCUT2D eigenvalue weighted by Gasteiger charge is 2.16. The lowest BCUT2D eigenvalue weighted by Crippen LogP contribution is -2.23. The average Bonchev–Trinajstić information content (AvgIpc) is 2.21. The van der Waals surface area contributed by atoms with Crippen LogP contribution < -0.4 is 5.32 Å². The van der Waals surface area contributed by atoms with E-state index in [1.54, 1.807) is 0 Å². The maximum absolute atomic E-state index is 4.41. The molecule has 0 aliphatic heterocycles. The Hall–Kier alpha value is -0.410. The van der Waals surface area contributed by atoms with Gasteiger partial charge in [-0.05, 0) is 41.0 Å². The van der Waals surface area contributed by atoms with E-state index in [1.165, 1.54) is 0 Å². The summed E-state index contributed by atoms with van der Waals surface area (Å²) in [5.41, 5.74) is 1.12. The molecule has 2 atom stereocenters. The van der Waals surface area contributed by atoms with Crippen molar-refractivity contribution in [1.82, 2.24) is 10.3 Å². The molecule has 1 aromatic heterocycles. The van der Waals surface area contributed by atoms with Gasteiger partial charge in [0.05, 0.1) is 11.7 Å². The number of hydrogen-bond acceptors (Lipinski definition) is 2. The van der Waals surface area contributed by atoms with Crippen LogP contribution in [-0.4, -0.2) is 12.0 Å². The zero-order chi connectivity index (χ0) is 10.6. The smallest absolute Gasteiger partial charge is 0.0576 e. The second-order valence-corrected chi connectivity index (χ2v) is 4.47. The summed E-state index contributed by atoms with van der Waals surface area (Å²) in [7, 11) is 1.99. The van der Waals surface area contributed by atoms with Crippen molar-refractivity contribution in [3.05, 3.63) is 28.5 Å². The number of rotatable bonds is 4. The predicted molar refractivity (Wildman–Crippen MR) is 63.2 cm³/mol. The molecule has 0 aliphatic carbocycles. The minimum atomic E-state index is 0.355. The topological polar surface area (TPSA) is 24.9 Å². The van der Waals surface area contributed by atoms with Crippen LogP contribution in [0.2, 0.25) is 0 Å². The molecular formula is C11H17BrN2. The lowest BCUT2D eigenvalue weighted by Gasteiger charge is -2.21. The molecule has 1 heterocycles. The fourth-order valence-corrected chi connectivity index (χ4v) is 1.77. The number of nitrogens with zero attached hydrogens (tertiary/aromatic N) is 1. The van der Waals surface area contributed by atoms with E-state index in [9.17, 15) is 0 Å². The van der Waals surface area contributed by atoms with Crippen LogP contribution in [0, 0.1) is 5.92 Å². The SMILES string of the molecule is CCC(C)C(NC)c1ccc(Br)cn1. The molecule has 0 spiro atoms. The highest BCUT2D eigenvalue weighted by atomic mass is 79.9. The Morgan fingerprint density at radius 1 is 1.50 bits per heavy atom. The summed E-state index contributed by atoms with van der Waals surface area (Å²) in [5, 5.41) is 3.31. The van der Waals surface area contributed by atoms with Crippen LogP contribution in [0.4, 0.5) is 0 Å². The maximum Gasteiger partial charge on any atom is 0.0576 e. The molecule has 0 aromatic carbocycles. The van der Waals surface area contributed by atoms with Gasteiger partial charge >= 0.3 is 0 Å². The van der Waals surface area contributed by atoms with Gasteiger partial charge in [0.25, 0.3) is 0 Å². The molecule has 0 amide bonds. The van der Waals surface area contributed by atoms with E-state index in [4.69, 9.17) is 0 Å². The minimum Gasteiger partial charge on any atom is -0.311 e. The van der Waals surface area contributed by atoms with Gasteiger partial charge in [-0.3, -0.25) is 4.98 Å². The number of hydrogen-bond donors (Lipinski definition) is 1. The van der Waals surface area contributed by atoms with Crippen LogP contribution in [0.3, 0.4) is 0 Å². The van der Waals surface area contributed by atoms with Crippen molar-refractivity contribution in [1.29, 1.82) is 0 Å². The van der Waals surface area contributed by atoms with Gasteiger partial charge in [-0.2, -0.15) is 0 Å². The van der Waals surface area contributed by atoms with E-state index in [-0.39, 0.29) is 0 Å². The van der Waals surface area contributed by atoms with E-state index in [1.807, 2.05) is 19.3 Å². The summed E-state index contributed by atoms with van der Waals surface area (Å²) in [4.78, 5) is 4.41. The molecule has 0 bridgehead atoms. The third-order valence-corrected chi connectivity index (χ3v) is 3.06. The van der Waals surface area contributed by atoms with E-state index < -0.39 is 0 Å². The molecule has 0 saturated heterocycles. The Labute approximate surface area is 94.3 Å². The van der Waals surface area contributed by atoms with Gasteiger partial charge in [0.2, 0.25) is 0 Å². The fraction of sp³-hybridized carbons (Fsp3) is 0.545. The van der Waals surface area contributed by atoms with Gasteiger partial charge in [0.15, 0.2) is 0 Å². The van der Waals surface area contributed by atoms with Crippen molar-refractivity contribution in [3.63, 3.8) is 0 Å². The average molecular weight is 257 g/mol. The Balaban J connectivity index is 2.84. The molecular weight excluding hydrogens is 240 g/mol. The van der Waals surface area contributed by atoms with Crippen molar-refractivity contribution in [2.45, 2.75) is 26.3 Å². The minimum absolute atomic E-state index is 0.355. The van der Waals surface area contributed by atoms with E-state index in [0.29, 0.717) is 12.0 Å². The van der Waals surface area contributed by atoms with Gasteiger partial charge < -0.3 is 5.32 Å². The highest BCUT2D eigenvalue weighted by Crippen LogP contribution is 2.22. The van der Waals surface area contributed by atoms with Gasteiger partial charge in [0.1, 0.15) is 0 Å². The lowest BCUT2D eigenvalue weighted by molar-refractivity contribution is 0.392. The number of pyridine rings is 1. The molecule has 0 aliphatic rings. The normalized spacial score (nSPS) is 15.1. The van der Waals surface area contributed by atoms with Gasteiger partial charge in [0, 0.05) is 10.7 Å². The number of nitrogens with one attached hydrogen (secondary N) is 1. The molecule has 1 N–H and O–H groups in total. The second-order valence-electron chi connectivity index (χ2n) is 3.55. The zero-order valence-corrected chi connectivity index (χ0v) is 10.5. The quantitative estimate of drug-likeness (QED) is 0.896. The standard InChI is InChI=1S/C11H17BrN2/c1-4-8(2)11(13-3)10-6-5-9(12)7-14-10/h5-8,11,13H,4H2,1-3H3. The molecule has 78 valence electrons. The lowest BCUT2D eigenvalue weighted by atomic mass is 9.96. The molecule has 1 aromatic rings. The van der Waals surface area contributed by atoms with E-state index in [0.717, 1.165) is 16.6 Å². The van der Waals surface area contributed by atoms with Crippen LogP contribution in [0.15, 0.2) is 22.8 Å². The van der Waals surface area contributed by atoms with Crippen molar-refractivity contribution < 1.29 is 0 Å². The highest BCUT2D eigenvalue weighted by molar-refractivity contribution is 9.10. The zero-order valence-electron chi connectivity index (χ0n) is 8.92. The van der Waals surface area contributed by atoms with Crippen molar-refractivity contribution >= 4 is 15.9 Å². The summed E-state index contributed by atoms with van der Waals surface area (Å²) in [6, 6.07) is 4.46. The number of aromatic nitrogens is 1. The molecule has 2 nitrogen and oxygen atoms in total. The summed E-state index contributed by atoms with van der Waals surface area (Å²) in [6.45, 7) is 4.44. The molecule has 0 saturated carbocycles. The largest absolute Gasteiger partial charge is 0.311 e. The molecule has 0 fully saturated rings. The van der Waals surface area contributed by atoms with Crippen LogP contribution in [0.5, 0.6) is 0 Å². The van der Waals surface area contributed by atoms with Gasteiger partial charge in [-0.25, -0.2) is 0 Å². The first-order chi connectivity index (χ1) is 6.69. The van der Waals surface area contributed by atoms with Crippen LogP contribution >= 0.6 is 15.9 Å². The second kappa shape index (κ2) is 5.47. The van der Waals surface area contributed by atoms with Crippen molar-refractivity contribution in [2.24, 2.45) is 5.92 Å². The van der Waals surface area contributed by atoms with E-state index >= 15 is 0 Å². The Bertz CT molecular complexity index is 271. The van der Waals surface area contributed by atoms with E-state index in [2.05, 4.69) is 46.1 Å². The number of halogens is 1. The van der Waals surface area contributed by atoms with Crippen molar-refractivity contribution in [2.75, 3.05) is 7.05 Å². The summed E-state index contributed by atoms with van der Waals surface area (Å²) in [5.74, 6) is 0.605. The van der Waals surface area contributed by atoms with Gasteiger partial charge in [-0.1, -0.05) is 20.3 Å². The first-order valence-electron chi connectivity index (χ1n) is 4.97. The molecule has 0 radical (unpaired) electrons. The van der Waals surface area contributed by atoms with Gasteiger partial charge in [-0.15, -0.1) is 0 Å². The third-order valence-electron chi connectivity index (χ3n) is 2.59. The maximum atomic E-state index is 4.41. The van der Waals surface area contributed by atoms with Crippen LogP contribution in [-0.2, 0) is 0 Å². The summed E-state index contributed by atoms with van der Waals surface area (Å²) < 4.78 is 1.03. The summed E-state index contributed by atoms with van der Waals surface area (Å²) in [6.07, 6.45) is 3.01. The first kappa shape index (κ1) is 11.7. The molecule has 14 heavy (non-hydrogen) atoms. The first-order valence-corrected chi connectivity index (χ1v) is 5.77. The molecule has 1 rings (SSSR count). The molecule has 2 unspecified atom stereocenters. The van der Waals surface area contributed by atoms with Crippen LogP contribution in [0.25, 0.3) is 0 Å².